The largest absolute Gasteiger partial charge is 0.486 e. The molecule has 2 aromatic carbocycles. The molecular formula is C22H18ClFN6O. The van der Waals surface area contributed by atoms with Crippen molar-refractivity contribution >= 4 is 34.7 Å². The molecule has 0 saturated heterocycles. The van der Waals surface area contributed by atoms with E-state index >= 15 is 0 Å². The molecule has 7 nitrogen and oxygen atoms in total. The Morgan fingerprint density at radius 2 is 1.97 bits per heavy atom. The number of aryl methyl sites for hydroxylation is 1. The van der Waals surface area contributed by atoms with Crippen molar-refractivity contribution in [2.75, 3.05) is 23.4 Å². The number of imidazole rings is 1. The summed E-state index contributed by atoms with van der Waals surface area (Å²) in [6, 6.07) is 12.4. The Hall–Kier alpha value is -3.65. The molecule has 4 aromatic rings. The van der Waals surface area contributed by atoms with Crippen LogP contribution >= 0.6 is 11.6 Å². The van der Waals surface area contributed by atoms with Crippen LogP contribution in [0.3, 0.4) is 0 Å². The molecule has 3 heterocycles. The van der Waals surface area contributed by atoms with Crippen molar-refractivity contribution in [3.05, 3.63) is 77.7 Å². The summed E-state index contributed by atoms with van der Waals surface area (Å²) in [7, 11) is 0. The zero-order valence-corrected chi connectivity index (χ0v) is 17.3. The van der Waals surface area contributed by atoms with E-state index in [1.165, 1.54) is 6.07 Å². The third kappa shape index (κ3) is 3.89. The molecule has 5 rings (SSSR count). The first-order valence-corrected chi connectivity index (χ1v) is 10.0. The van der Waals surface area contributed by atoms with Crippen LogP contribution in [0.1, 0.15) is 5.69 Å². The molecule has 156 valence electrons. The molecule has 0 amide bonds. The van der Waals surface area contributed by atoms with Gasteiger partial charge in [-0.05, 0) is 49.4 Å². The minimum Gasteiger partial charge on any atom is -0.486 e. The summed E-state index contributed by atoms with van der Waals surface area (Å²) in [5, 5.41) is 3.73. The molecule has 1 aliphatic heterocycles. The van der Waals surface area contributed by atoms with Gasteiger partial charge in [-0.1, -0.05) is 11.6 Å². The smallest absolute Gasteiger partial charge is 0.229 e. The topological polar surface area (TPSA) is 68.1 Å². The van der Waals surface area contributed by atoms with Gasteiger partial charge in [0.25, 0.3) is 0 Å². The normalized spacial score (nSPS) is 12.9. The standard InChI is InChI=1S/C22H18ClFN6O/c1-14-12-29(13-26-14)19-7-4-16(10-18(19)24)27-22-25-11-20-21(28-22)30(8-9-31-20)17-5-2-15(23)3-6-17/h2-7,10-13H,8-9H2,1H3,(H,25,27,28). The van der Waals surface area contributed by atoms with E-state index in [4.69, 9.17) is 16.3 Å². The van der Waals surface area contributed by atoms with E-state index in [0.717, 1.165) is 11.4 Å². The highest BCUT2D eigenvalue weighted by Crippen LogP contribution is 2.35. The van der Waals surface area contributed by atoms with Crippen molar-refractivity contribution in [1.29, 1.82) is 0 Å². The van der Waals surface area contributed by atoms with Gasteiger partial charge in [0.1, 0.15) is 12.4 Å². The molecule has 31 heavy (non-hydrogen) atoms. The summed E-state index contributed by atoms with van der Waals surface area (Å²) in [5.74, 6) is 1.18. The minimum atomic E-state index is -0.383. The van der Waals surface area contributed by atoms with Crippen molar-refractivity contribution in [2.24, 2.45) is 0 Å². The maximum Gasteiger partial charge on any atom is 0.229 e. The van der Waals surface area contributed by atoms with Gasteiger partial charge in [-0.25, -0.2) is 14.4 Å². The molecule has 1 aliphatic rings. The monoisotopic (exact) mass is 436 g/mol. The van der Waals surface area contributed by atoms with E-state index in [-0.39, 0.29) is 5.82 Å². The summed E-state index contributed by atoms with van der Waals surface area (Å²) < 4.78 is 22.0. The van der Waals surface area contributed by atoms with E-state index in [9.17, 15) is 4.39 Å². The van der Waals surface area contributed by atoms with Crippen LogP contribution in [0.25, 0.3) is 5.69 Å². The van der Waals surface area contributed by atoms with Crippen molar-refractivity contribution < 1.29 is 9.13 Å². The summed E-state index contributed by atoms with van der Waals surface area (Å²) in [5.41, 5.74) is 2.72. The molecule has 0 unspecified atom stereocenters. The summed E-state index contributed by atoms with van der Waals surface area (Å²) in [6.07, 6.45) is 4.97. The fourth-order valence-electron chi connectivity index (χ4n) is 3.42. The Balaban J connectivity index is 1.42. The average molecular weight is 437 g/mol. The minimum absolute atomic E-state index is 0.342. The van der Waals surface area contributed by atoms with Gasteiger partial charge >= 0.3 is 0 Å². The van der Waals surface area contributed by atoms with E-state index in [0.29, 0.717) is 47.1 Å². The van der Waals surface area contributed by atoms with Crippen molar-refractivity contribution in [3.63, 3.8) is 0 Å². The second-order valence-electron chi connectivity index (χ2n) is 7.07. The van der Waals surface area contributed by atoms with Crippen LogP contribution in [0.5, 0.6) is 5.75 Å². The summed E-state index contributed by atoms with van der Waals surface area (Å²) >= 11 is 6.02. The second-order valence-corrected chi connectivity index (χ2v) is 7.51. The predicted molar refractivity (Wildman–Crippen MR) is 118 cm³/mol. The Labute approximate surface area is 183 Å². The fraction of sp³-hybridized carbons (Fsp3) is 0.136. The number of nitrogens with zero attached hydrogens (tertiary/aromatic N) is 5. The zero-order chi connectivity index (χ0) is 21.4. The number of hydrogen-bond acceptors (Lipinski definition) is 6. The molecule has 0 fully saturated rings. The van der Waals surface area contributed by atoms with Crippen molar-refractivity contribution in [1.82, 2.24) is 19.5 Å². The number of fused-ring (bicyclic) bond motifs is 1. The molecule has 0 atom stereocenters. The zero-order valence-electron chi connectivity index (χ0n) is 16.6. The van der Waals surface area contributed by atoms with Crippen molar-refractivity contribution in [2.45, 2.75) is 6.92 Å². The first kappa shape index (κ1) is 19.3. The Kier molecular flexibility index (Phi) is 4.91. The maximum atomic E-state index is 14.7. The van der Waals surface area contributed by atoms with Gasteiger partial charge in [-0.2, -0.15) is 4.98 Å². The lowest BCUT2D eigenvalue weighted by atomic mass is 10.2. The van der Waals surface area contributed by atoms with Crippen molar-refractivity contribution in [3.8, 4) is 11.4 Å². The first-order chi connectivity index (χ1) is 15.1. The second kappa shape index (κ2) is 7.88. The van der Waals surface area contributed by atoms with Crippen LogP contribution in [0.15, 0.2) is 61.2 Å². The van der Waals surface area contributed by atoms with Crippen LogP contribution < -0.4 is 15.0 Å². The number of nitrogens with one attached hydrogen (secondary N) is 1. The first-order valence-electron chi connectivity index (χ1n) is 9.67. The molecule has 0 saturated carbocycles. The number of ether oxygens (including phenoxy) is 1. The number of anilines is 4. The van der Waals surface area contributed by atoms with Crippen LogP contribution in [-0.2, 0) is 0 Å². The molecule has 2 aromatic heterocycles. The third-order valence-corrected chi connectivity index (χ3v) is 5.15. The molecule has 9 heteroatoms. The fourth-order valence-corrected chi connectivity index (χ4v) is 3.54. The predicted octanol–water partition coefficient (Wildman–Crippen LogP) is 5.04. The highest BCUT2D eigenvalue weighted by atomic mass is 35.5. The van der Waals surface area contributed by atoms with Gasteiger partial charge in [0.15, 0.2) is 11.6 Å². The van der Waals surface area contributed by atoms with Crippen LogP contribution in [0.4, 0.5) is 27.5 Å². The van der Waals surface area contributed by atoms with Crippen LogP contribution in [0.2, 0.25) is 5.02 Å². The van der Waals surface area contributed by atoms with Gasteiger partial charge < -0.3 is 19.5 Å². The van der Waals surface area contributed by atoms with Gasteiger partial charge in [0, 0.05) is 22.6 Å². The number of halogens is 2. The van der Waals surface area contributed by atoms with E-state index in [1.807, 2.05) is 36.1 Å². The number of aromatic nitrogens is 4. The molecule has 0 spiro atoms. The number of benzene rings is 2. The van der Waals surface area contributed by atoms with E-state index in [2.05, 4.69) is 20.3 Å². The van der Waals surface area contributed by atoms with Gasteiger partial charge in [-0.3, -0.25) is 0 Å². The van der Waals surface area contributed by atoms with Gasteiger partial charge in [0.2, 0.25) is 5.95 Å². The highest BCUT2D eigenvalue weighted by molar-refractivity contribution is 6.30. The number of rotatable bonds is 4. The van der Waals surface area contributed by atoms with Crippen LogP contribution in [-0.4, -0.2) is 32.7 Å². The van der Waals surface area contributed by atoms with Gasteiger partial charge in [0.05, 0.1) is 30.5 Å². The van der Waals surface area contributed by atoms with Gasteiger partial charge in [-0.15, -0.1) is 0 Å². The quantitative estimate of drug-likeness (QED) is 0.483. The molecule has 0 bridgehead atoms. The lowest BCUT2D eigenvalue weighted by Crippen LogP contribution is -2.29. The summed E-state index contributed by atoms with van der Waals surface area (Å²) in [4.78, 5) is 15.1. The maximum absolute atomic E-state index is 14.7. The Morgan fingerprint density at radius 1 is 1.13 bits per heavy atom. The summed E-state index contributed by atoms with van der Waals surface area (Å²) in [6.45, 7) is 3.01. The lowest BCUT2D eigenvalue weighted by molar-refractivity contribution is 0.310. The Bertz CT molecular complexity index is 1240. The molecular weight excluding hydrogens is 419 g/mol. The number of hydrogen-bond donors (Lipinski definition) is 1. The average Bonchev–Trinajstić information content (AvgIpc) is 3.20. The Morgan fingerprint density at radius 3 is 2.71 bits per heavy atom. The molecule has 0 radical (unpaired) electrons. The van der Waals surface area contributed by atoms with E-state index < -0.39 is 0 Å². The third-order valence-electron chi connectivity index (χ3n) is 4.90. The van der Waals surface area contributed by atoms with E-state index in [1.54, 1.807) is 35.4 Å². The molecule has 1 N–H and O–H groups in total. The molecule has 0 aliphatic carbocycles. The highest BCUT2D eigenvalue weighted by Gasteiger charge is 2.22. The van der Waals surface area contributed by atoms with Crippen LogP contribution in [0, 0.1) is 12.7 Å². The lowest BCUT2D eigenvalue weighted by Gasteiger charge is -2.30. The SMILES string of the molecule is Cc1cn(-c2ccc(Nc3ncc4c(n3)N(c3ccc(Cl)cc3)CCO4)cc2F)cn1.